The molecule has 0 saturated heterocycles. The van der Waals surface area contributed by atoms with E-state index >= 15 is 0 Å². The molecule has 0 amide bonds. The molecule has 0 aromatic heterocycles. The molecule has 1 unspecified atom stereocenters. The summed E-state index contributed by atoms with van der Waals surface area (Å²) in [6.45, 7) is 8.43. The van der Waals surface area contributed by atoms with Crippen molar-refractivity contribution in [3.05, 3.63) is 29.8 Å². The van der Waals surface area contributed by atoms with E-state index < -0.39 is 0 Å². The topological polar surface area (TPSA) is 29.1 Å². The Hall–Kier alpha value is -1.31. The molecular formula is C14H19NO. The highest BCUT2D eigenvalue weighted by Gasteiger charge is 2.42. The fraction of sp³-hybridized carbons (Fsp3) is 0.500. The Kier molecular flexibility index (Phi) is 2.53. The Morgan fingerprint density at radius 3 is 2.50 bits per heavy atom. The van der Waals surface area contributed by atoms with E-state index in [1.54, 1.807) is 0 Å². The zero-order valence-corrected chi connectivity index (χ0v) is 10.4. The summed E-state index contributed by atoms with van der Waals surface area (Å²) in [5.74, 6) is 0.667. The van der Waals surface area contributed by atoms with Gasteiger partial charge in [0.2, 0.25) is 0 Å². The van der Waals surface area contributed by atoms with Gasteiger partial charge in [0.25, 0.3) is 0 Å². The third-order valence-corrected chi connectivity index (χ3v) is 3.38. The smallest absolute Gasteiger partial charge is 0.170 e. The van der Waals surface area contributed by atoms with Gasteiger partial charge in [0.05, 0.1) is 0 Å². The Labute approximate surface area is 97.1 Å². The van der Waals surface area contributed by atoms with Crippen LogP contribution in [0.15, 0.2) is 24.3 Å². The summed E-state index contributed by atoms with van der Waals surface area (Å²) in [6, 6.07) is 7.78. The molecule has 1 heterocycles. The average molecular weight is 217 g/mol. The first kappa shape index (κ1) is 11.2. The number of benzene rings is 1. The van der Waals surface area contributed by atoms with Crippen LogP contribution in [0.4, 0.5) is 5.69 Å². The monoisotopic (exact) mass is 217 g/mol. The maximum Gasteiger partial charge on any atom is 0.170 e. The fourth-order valence-corrected chi connectivity index (χ4v) is 2.86. The van der Waals surface area contributed by atoms with E-state index in [0.29, 0.717) is 5.92 Å². The van der Waals surface area contributed by atoms with Crippen LogP contribution in [0.25, 0.3) is 0 Å². The average Bonchev–Trinajstić information content (AvgIpc) is 2.15. The van der Waals surface area contributed by atoms with Crippen LogP contribution in [0.3, 0.4) is 0 Å². The van der Waals surface area contributed by atoms with Crippen molar-refractivity contribution >= 4 is 11.5 Å². The Morgan fingerprint density at radius 2 is 1.88 bits per heavy atom. The molecule has 0 bridgehead atoms. The predicted octanol–water partition coefficient (Wildman–Crippen LogP) is 3.35. The summed E-state index contributed by atoms with van der Waals surface area (Å²) in [7, 11) is 0. The summed E-state index contributed by atoms with van der Waals surface area (Å²) in [4.78, 5) is 12.4. The van der Waals surface area contributed by atoms with Gasteiger partial charge in [0, 0.05) is 22.7 Å². The number of hydrogen-bond donors (Lipinski definition) is 1. The number of anilines is 1. The number of carbonyl (C=O) groups excluding carboxylic acids is 1. The van der Waals surface area contributed by atoms with Crippen molar-refractivity contribution in [1.82, 2.24) is 0 Å². The van der Waals surface area contributed by atoms with Crippen molar-refractivity contribution in [3.8, 4) is 0 Å². The molecular weight excluding hydrogens is 198 g/mol. The van der Waals surface area contributed by atoms with Crippen LogP contribution in [-0.2, 0) is 0 Å². The third-order valence-electron chi connectivity index (χ3n) is 3.38. The van der Waals surface area contributed by atoms with Crippen LogP contribution < -0.4 is 5.32 Å². The summed E-state index contributed by atoms with van der Waals surface area (Å²) in [6.07, 6.45) is 0. The number of Topliss-reactive ketones (excluding diaryl/α,β-unsaturated/α-hetero) is 1. The summed E-state index contributed by atoms with van der Waals surface area (Å²) >= 11 is 0. The molecule has 0 aliphatic carbocycles. The largest absolute Gasteiger partial charge is 0.379 e. The van der Waals surface area contributed by atoms with Gasteiger partial charge in [0.15, 0.2) is 5.78 Å². The summed E-state index contributed by atoms with van der Waals surface area (Å²) in [5, 5.41) is 3.48. The lowest BCUT2D eigenvalue weighted by Gasteiger charge is -2.42. The van der Waals surface area contributed by atoms with Crippen LogP contribution in [-0.4, -0.2) is 11.3 Å². The standard InChI is InChI=1S/C14H19NO/c1-9(2)12-13(16)10-7-5-6-8-11(10)15-14(12,3)4/h5-9,12,15H,1-4H3. The van der Waals surface area contributed by atoms with Crippen molar-refractivity contribution in [2.45, 2.75) is 33.2 Å². The molecule has 1 aliphatic rings. The van der Waals surface area contributed by atoms with E-state index in [2.05, 4.69) is 33.0 Å². The normalized spacial score (nSPS) is 22.8. The molecule has 16 heavy (non-hydrogen) atoms. The lowest BCUT2D eigenvalue weighted by atomic mass is 9.72. The second-order valence-electron chi connectivity index (χ2n) is 5.48. The Bertz CT molecular complexity index is 420. The van der Waals surface area contributed by atoms with Gasteiger partial charge >= 0.3 is 0 Å². The maximum atomic E-state index is 12.4. The highest BCUT2D eigenvalue weighted by atomic mass is 16.1. The van der Waals surface area contributed by atoms with Crippen molar-refractivity contribution in [1.29, 1.82) is 0 Å². The molecule has 1 aliphatic heterocycles. The van der Waals surface area contributed by atoms with Crippen LogP contribution in [0.2, 0.25) is 0 Å². The second kappa shape index (κ2) is 3.62. The summed E-state index contributed by atoms with van der Waals surface area (Å²) in [5.41, 5.74) is 1.63. The molecule has 1 atom stereocenters. The molecule has 0 spiro atoms. The van der Waals surface area contributed by atoms with Crippen LogP contribution >= 0.6 is 0 Å². The molecule has 1 aromatic carbocycles. The minimum atomic E-state index is -0.167. The SMILES string of the molecule is CC(C)C1C(=O)c2ccccc2NC1(C)C. The first-order valence-electron chi connectivity index (χ1n) is 5.85. The van der Waals surface area contributed by atoms with Gasteiger partial charge < -0.3 is 5.32 Å². The van der Waals surface area contributed by atoms with Crippen LogP contribution in [0.1, 0.15) is 38.1 Å². The highest BCUT2D eigenvalue weighted by Crippen LogP contribution is 2.38. The van der Waals surface area contributed by atoms with Gasteiger partial charge in [-0.2, -0.15) is 0 Å². The van der Waals surface area contributed by atoms with E-state index in [9.17, 15) is 4.79 Å². The minimum absolute atomic E-state index is 0.0439. The Morgan fingerprint density at radius 1 is 1.25 bits per heavy atom. The van der Waals surface area contributed by atoms with Crippen molar-refractivity contribution in [2.24, 2.45) is 11.8 Å². The highest BCUT2D eigenvalue weighted by molar-refractivity contribution is 6.05. The first-order chi connectivity index (χ1) is 7.43. The Balaban J connectivity index is 2.51. The number of carbonyl (C=O) groups is 1. The van der Waals surface area contributed by atoms with E-state index in [1.807, 2.05) is 24.3 Å². The van der Waals surface area contributed by atoms with E-state index in [-0.39, 0.29) is 17.2 Å². The van der Waals surface area contributed by atoms with Crippen LogP contribution in [0, 0.1) is 11.8 Å². The van der Waals surface area contributed by atoms with Crippen LogP contribution in [0.5, 0.6) is 0 Å². The molecule has 86 valence electrons. The number of fused-ring (bicyclic) bond motifs is 1. The number of ketones is 1. The van der Waals surface area contributed by atoms with Gasteiger partial charge in [-0.05, 0) is 31.9 Å². The molecule has 1 aromatic rings. The molecule has 2 heteroatoms. The van der Waals surface area contributed by atoms with E-state index in [1.165, 1.54) is 0 Å². The lowest BCUT2D eigenvalue weighted by Crippen LogP contribution is -2.50. The molecule has 0 saturated carbocycles. The van der Waals surface area contributed by atoms with Gasteiger partial charge in [-0.1, -0.05) is 26.0 Å². The van der Waals surface area contributed by atoms with Crippen molar-refractivity contribution in [3.63, 3.8) is 0 Å². The molecule has 2 rings (SSSR count). The number of para-hydroxylation sites is 1. The predicted molar refractivity (Wildman–Crippen MR) is 66.8 cm³/mol. The number of hydrogen-bond acceptors (Lipinski definition) is 2. The quantitative estimate of drug-likeness (QED) is 0.781. The first-order valence-corrected chi connectivity index (χ1v) is 5.85. The third kappa shape index (κ3) is 1.62. The van der Waals surface area contributed by atoms with E-state index in [0.717, 1.165) is 11.3 Å². The molecule has 1 N–H and O–H groups in total. The van der Waals surface area contributed by atoms with Crippen molar-refractivity contribution < 1.29 is 4.79 Å². The maximum absolute atomic E-state index is 12.4. The fourth-order valence-electron chi connectivity index (χ4n) is 2.86. The van der Waals surface area contributed by atoms with E-state index in [4.69, 9.17) is 0 Å². The summed E-state index contributed by atoms with van der Waals surface area (Å²) < 4.78 is 0. The van der Waals surface area contributed by atoms with Gasteiger partial charge in [0.1, 0.15) is 0 Å². The van der Waals surface area contributed by atoms with Gasteiger partial charge in [-0.3, -0.25) is 4.79 Å². The number of nitrogens with one attached hydrogen (secondary N) is 1. The van der Waals surface area contributed by atoms with Gasteiger partial charge in [-0.25, -0.2) is 0 Å². The second-order valence-corrected chi connectivity index (χ2v) is 5.48. The minimum Gasteiger partial charge on any atom is -0.379 e. The zero-order valence-electron chi connectivity index (χ0n) is 10.4. The molecule has 0 radical (unpaired) electrons. The van der Waals surface area contributed by atoms with Gasteiger partial charge in [-0.15, -0.1) is 0 Å². The van der Waals surface area contributed by atoms with Crippen molar-refractivity contribution in [2.75, 3.05) is 5.32 Å². The number of rotatable bonds is 1. The molecule has 0 fully saturated rings. The molecule has 2 nitrogen and oxygen atoms in total. The lowest BCUT2D eigenvalue weighted by molar-refractivity contribution is 0.0816. The zero-order chi connectivity index (χ0) is 11.9.